The van der Waals surface area contributed by atoms with Crippen molar-refractivity contribution in [2.24, 2.45) is 0 Å². The monoisotopic (exact) mass is 315 g/mol. The van der Waals surface area contributed by atoms with E-state index >= 15 is 0 Å². The third-order valence-electron chi connectivity index (χ3n) is 2.93. The number of carboxylic acid groups (broad SMARTS) is 1. The molecule has 1 amide bonds. The normalized spacial score (nSPS) is 15.7. The maximum atomic E-state index is 10.8. The van der Waals surface area contributed by atoms with Gasteiger partial charge in [-0.05, 0) is 15.9 Å². The molecule has 0 atom stereocenters. The van der Waals surface area contributed by atoms with Crippen LogP contribution < -0.4 is 9.64 Å². The third-order valence-corrected chi connectivity index (χ3v) is 3.49. The van der Waals surface area contributed by atoms with Gasteiger partial charge in [0.1, 0.15) is 0 Å². The summed E-state index contributed by atoms with van der Waals surface area (Å²) in [4.78, 5) is 18.5. The number of halogens is 1. The van der Waals surface area contributed by atoms with E-state index in [0.29, 0.717) is 26.2 Å². The highest BCUT2D eigenvalue weighted by molar-refractivity contribution is 9.10. The number of nitrogens with zero attached hydrogens (tertiary/aromatic N) is 3. The fraction of sp³-hybridized carbons (Fsp3) is 0.455. The first-order valence-electron chi connectivity index (χ1n) is 5.53. The van der Waals surface area contributed by atoms with Gasteiger partial charge in [-0.1, -0.05) is 0 Å². The summed E-state index contributed by atoms with van der Waals surface area (Å²) in [7, 11) is 1.61. The van der Waals surface area contributed by atoms with Crippen LogP contribution in [0.4, 0.5) is 10.5 Å². The summed E-state index contributed by atoms with van der Waals surface area (Å²) in [6, 6.07) is 0. The van der Waals surface area contributed by atoms with Crippen molar-refractivity contribution in [2.45, 2.75) is 0 Å². The molecule has 1 aromatic rings. The number of carbonyl (C=O) groups is 1. The van der Waals surface area contributed by atoms with E-state index in [1.807, 2.05) is 0 Å². The van der Waals surface area contributed by atoms with E-state index in [9.17, 15) is 4.79 Å². The number of aromatic nitrogens is 1. The second kappa shape index (κ2) is 5.43. The number of pyridine rings is 1. The van der Waals surface area contributed by atoms with Crippen LogP contribution in [0.1, 0.15) is 0 Å². The van der Waals surface area contributed by atoms with Crippen LogP contribution in [0.3, 0.4) is 0 Å². The van der Waals surface area contributed by atoms with E-state index in [1.54, 1.807) is 19.5 Å². The zero-order chi connectivity index (χ0) is 13.1. The predicted octanol–water partition coefficient (Wildman–Crippen LogP) is 1.65. The molecule has 0 spiro atoms. The molecule has 1 aliphatic heterocycles. The molecule has 0 bridgehead atoms. The molecule has 0 radical (unpaired) electrons. The molecule has 2 heterocycles. The first-order chi connectivity index (χ1) is 8.63. The number of piperazine rings is 1. The van der Waals surface area contributed by atoms with E-state index in [-0.39, 0.29) is 0 Å². The third kappa shape index (κ3) is 2.50. The Labute approximate surface area is 113 Å². The van der Waals surface area contributed by atoms with E-state index in [1.165, 1.54) is 4.90 Å². The molecule has 0 aromatic carbocycles. The van der Waals surface area contributed by atoms with E-state index in [2.05, 4.69) is 25.8 Å². The Kier molecular flexibility index (Phi) is 3.90. The lowest BCUT2D eigenvalue weighted by Gasteiger charge is -2.35. The fourth-order valence-corrected chi connectivity index (χ4v) is 2.46. The van der Waals surface area contributed by atoms with Gasteiger partial charge in [0.15, 0.2) is 5.75 Å². The Morgan fingerprint density at radius 2 is 2.06 bits per heavy atom. The average Bonchev–Trinajstić information content (AvgIpc) is 2.38. The molecular formula is C11H14BrN3O3. The van der Waals surface area contributed by atoms with Gasteiger partial charge < -0.3 is 19.6 Å². The van der Waals surface area contributed by atoms with Crippen LogP contribution in [0, 0.1) is 0 Å². The van der Waals surface area contributed by atoms with Crippen molar-refractivity contribution in [3.05, 3.63) is 16.9 Å². The van der Waals surface area contributed by atoms with Gasteiger partial charge in [-0.25, -0.2) is 4.79 Å². The average molecular weight is 316 g/mol. The van der Waals surface area contributed by atoms with Crippen LogP contribution in [0.5, 0.6) is 5.75 Å². The van der Waals surface area contributed by atoms with Crippen molar-refractivity contribution in [1.82, 2.24) is 9.88 Å². The van der Waals surface area contributed by atoms with Gasteiger partial charge in [0, 0.05) is 32.4 Å². The summed E-state index contributed by atoms with van der Waals surface area (Å²) in [5, 5.41) is 8.90. The molecule has 0 unspecified atom stereocenters. The number of ether oxygens (including phenoxy) is 1. The lowest BCUT2D eigenvalue weighted by molar-refractivity contribution is 0.142. The SMILES string of the molecule is COc1c(Br)cncc1N1CCN(C(=O)O)CC1. The summed E-state index contributed by atoms with van der Waals surface area (Å²) in [6.07, 6.45) is 2.55. The van der Waals surface area contributed by atoms with Crippen molar-refractivity contribution in [2.75, 3.05) is 38.2 Å². The number of methoxy groups -OCH3 is 1. The van der Waals surface area contributed by atoms with Crippen LogP contribution in [0.25, 0.3) is 0 Å². The molecular weight excluding hydrogens is 302 g/mol. The molecule has 1 fully saturated rings. The van der Waals surface area contributed by atoms with Crippen LogP contribution >= 0.6 is 15.9 Å². The predicted molar refractivity (Wildman–Crippen MR) is 70.3 cm³/mol. The summed E-state index contributed by atoms with van der Waals surface area (Å²) in [5.74, 6) is 0.730. The molecule has 18 heavy (non-hydrogen) atoms. The second-order valence-corrected chi connectivity index (χ2v) is 4.78. The van der Waals surface area contributed by atoms with Crippen molar-refractivity contribution in [3.8, 4) is 5.75 Å². The van der Waals surface area contributed by atoms with Gasteiger partial charge in [0.2, 0.25) is 0 Å². The smallest absolute Gasteiger partial charge is 0.407 e. The van der Waals surface area contributed by atoms with Gasteiger partial charge in [0.05, 0.1) is 23.5 Å². The van der Waals surface area contributed by atoms with Crippen LogP contribution in [0.2, 0.25) is 0 Å². The van der Waals surface area contributed by atoms with Crippen LogP contribution in [-0.4, -0.2) is 54.4 Å². The number of rotatable bonds is 2. The van der Waals surface area contributed by atoms with Crippen molar-refractivity contribution < 1.29 is 14.6 Å². The summed E-state index contributed by atoms with van der Waals surface area (Å²) in [6.45, 7) is 2.26. The number of hydrogen-bond donors (Lipinski definition) is 1. The lowest BCUT2D eigenvalue weighted by atomic mass is 10.2. The van der Waals surface area contributed by atoms with E-state index in [0.717, 1.165) is 15.9 Å². The minimum Gasteiger partial charge on any atom is -0.493 e. The molecule has 7 heteroatoms. The molecule has 0 aliphatic carbocycles. The first kappa shape index (κ1) is 12.9. The Bertz CT molecular complexity index is 447. The Morgan fingerprint density at radius 1 is 1.39 bits per heavy atom. The van der Waals surface area contributed by atoms with Gasteiger partial charge in [-0.15, -0.1) is 0 Å². The van der Waals surface area contributed by atoms with Crippen molar-refractivity contribution >= 4 is 27.7 Å². The molecule has 0 saturated carbocycles. The van der Waals surface area contributed by atoms with Gasteiger partial charge >= 0.3 is 6.09 Å². The molecule has 2 rings (SSSR count). The maximum Gasteiger partial charge on any atom is 0.407 e. The highest BCUT2D eigenvalue weighted by Crippen LogP contribution is 2.34. The van der Waals surface area contributed by atoms with E-state index in [4.69, 9.17) is 9.84 Å². The second-order valence-electron chi connectivity index (χ2n) is 3.93. The molecule has 1 aliphatic rings. The zero-order valence-corrected chi connectivity index (χ0v) is 11.6. The number of hydrogen-bond acceptors (Lipinski definition) is 4. The quantitative estimate of drug-likeness (QED) is 0.899. The maximum absolute atomic E-state index is 10.8. The minimum absolute atomic E-state index is 0.491. The number of anilines is 1. The summed E-state index contributed by atoms with van der Waals surface area (Å²) in [5.41, 5.74) is 0.886. The van der Waals surface area contributed by atoms with E-state index < -0.39 is 6.09 Å². The summed E-state index contributed by atoms with van der Waals surface area (Å²) < 4.78 is 6.14. The van der Waals surface area contributed by atoms with Crippen molar-refractivity contribution in [1.29, 1.82) is 0 Å². The molecule has 6 nitrogen and oxygen atoms in total. The molecule has 1 aromatic heterocycles. The van der Waals surface area contributed by atoms with Gasteiger partial charge in [-0.3, -0.25) is 4.98 Å². The molecule has 1 N–H and O–H groups in total. The highest BCUT2D eigenvalue weighted by Gasteiger charge is 2.23. The number of amides is 1. The van der Waals surface area contributed by atoms with Crippen molar-refractivity contribution in [3.63, 3.8) is 0 Å². The fourth-order valence-electron chi connectivity index (χ4n) is 1.98. The Morgan fingerprint density at radius 3 is 2.61 bits per heavy atom. The Balaban J connectivity index is 2.14. The lowest BCUT2D eigenvalue weighted by Crippen LogP contribution is -2.48. The highest BCUT2D eigenvalue weighted by atomic mass is 79.9. The minimum atomic E-state index is -0.867. The van der Waals surface area contributed by atoms with Gasteiger partial charge in [0.25, 0.3) is 0 Å². The van der Waals surface area contributed by atoms with Crippen LogP contribution in [0.15, 0.2) is 16.9 Å². The largest absolute Gasteiger partial charge is 0.493 e. The molecule has 1 saturated heterocycles. The zero-order valence-electron chi connectivity index (χ0n) is 9.97. The summed E-state index contributed by atoms with van der Waals surface area (Å²) >= 11 is 3.39. The molecule has 98 valence electrons. The first-order valence-corrected chi connectivity index (χ1v) is 6.33. The standard InChI is InChI=1S/C11H14BrN3O3/c1-18-10-8(12)6-13-7-9(10)14-2-4-15(5-3-14)11(16)17/h6-7H,2-5H2,1H3,(H,16,17). The van der Waals surface area contributed by atoms with Gasteiger partial charge in [-0.2, -0.15) is 0 Å². The van der Waals surface area contributed by atoms with Crippen LogP contribution in [-0.2, 0) is 0 Å². The Hall–Kier alpha value is -1.50. The topological polar surface area (TPSA) is 65.9 Å².